The fourth-order valence-electron chi connectivity index (χ4n) is 3.95. The molecular weight excluding hydrogens is 324 g/mol. The normalized spacial score (nSPS) is 27.4. The van der Waals surface area contributed by atoms with Gasteiger partial charge in [0, 0.05) is 5.56 Å². The summed E-state index contributed by atoms with van der Waals surface area (Å²) in [4.78, 5) is 12.6. The summed E-state index contributed by atoms with van der Waals surface area (Å²) >= 11 is 0. The molecule has 0 radical (unpaired) electrons. The van der Waals surface area contributed by atoms with E-state index < -0.39 is 24.0 Å². The van der Waals surface area contributed by atoms with Crippen molar-refractivity contribution in [3.8, 4) is 0 Å². The summed E-state index contributed by atoms with van der Waals surface area (Å²) in [7, 11) is 0. The first kappa shape index (κ1) is 19.8. The fourth-order valence-corrected chi connectivity index (χ4v) is 3.95. The average Bonchev–Trinajstić information content (AvgIpc) is 2.52. The number of alkyl halides is 2. The van der Waals surface area contributed by atoms with Crippen molar-refractivity contribution in [2.75, 3.05) is 6.54 Å². The van der Waals surface area contributed by atoms with Crippen LogP contribution in [0.15, 0.2) is 24.3 Å². The Morgan fingerprint density at radius 3 is 2.68 bits per heavy atom. The van der Waals surface area contributed by atoms with Crippen molar-refractivity contribution in [1.82, 2.24) is 5.32 Å². The van der Waals surface area contributed by atoms with Crippen LogP contribution in [0.3, 0.4) is 0 Å². The molecule has 1 fully saturated rings. The summed E-state index contributed by atoms with van der Waals surface area (Å²) in [5.74, 6) is -3.75. The summed E-state index contributed by atoms with van der Waals surface area (Å²) in [6.07, 6.45) is 1.99. The standard InChI is InChI=1S/C20H29F2NO2/c1-13(2)17-9-8-15(4)11-19(17,25)18(24)23-12-20(21,22)16-7-5-6-14(3)10-16/h5-7,10,13,15,17,25H,8-9,11-12H2,1-4H3,(H,23,24)/t15-,17+,19+/m1/s1. The molecule has 2 rings (SSSR count). The number of nitrogens with one attached hydrogen (secondary N) is 1. The maximum Gasteiger partial charge on any atom is 0.290 e. The Morgan fingerprint density at radius 2 is 2.08 bits per heavy atom. The van der Waals surface area contributed by atoms with Gasteiger partial charge in [0.2, 0.25) is 0 Å². The van der Waals surface area contributed by atoms with E-state index in [0.29, 0.717) is 6.42 Å². The van der Waals surface area contributed by atoms with Gasteiger partial charge in [-0.25, -0.2) is 0 Å². The Hall–Kier alpha value is -1.49. The van der Waals surface area contributed by atoms with Crippen molar-refractivity contribution in [1.29, 1.82) is 0 Å². The molecule has 0 aromatic heterocycles. The number of aliphatic hydroxyl groups is 1. The van der Waals surface area contributed by atoms with Crippen LogP contribution in [0.1, 0.15) is 51.2 Å². The van der Waals surface area contributed by atoms with Gasteiger partial charge in [-0.05, 0) is 37.5 Å². The maximum atomic E-state index is 14.4. The third kappa shape index (κ3) is 4.38. The maximum absolute atomic E-state index is 14.4. The van der Waals surface area contributed by atoms with Crippen LogP contribution in [0.4, 0.5) is 8.78 Å². The molecule has 3 atom stereocenters. The first-order chi connectivity index (χ1) is 11.6. The van der Waals surface area contributed by atoms with Crippen molar-refractivity contribution in [2.45, 2.75) is 58.5 Å². The summed E-state index contributed by atoms with van der Waals surface area (Å²) in [6, 6.07) is 6.09. The Labute approximate surface area is 148 Å². The minimum absolute atomic E-state index is 0.112. The molecule has 1 aromatic rings. The topological polar surface area (TPSA) is 49.3 Å². The Kier molecular flexibility index (Phi) is 5.87. The smallest absolute Gasteiger partial charge is 0.290 e. The average molecular weight is 353 g/mol. The molecule has 0 spiro atoms. The lowest BCUT2D eigenvalue weighted by atomic mass is 9.66. The molecule has 1 amide bonds. The molecule has 1 aromatic carbocycles. The first-order valence-corrected chi connectivity index (χ1v) is 9.02. The first-order valence-electron chi connectivity index (χ1n) is 9.02. The minimum atomic E-state index is -3.17. The van der Waals surface area contributed by atoms with Crippen LogP contribution in [0.2, 0.25) is 0 Å². The molecule has 5 heteroatoms. The fraction of sp³-hybridized carbons (Fsp3) is 0.650. The molecule has 3 nitrogen and oxygen atoms in total. The molecule has 1 aliphatic carbocycles. The zero-order valence-corrected chi connectivity index (χ0v) is 15.5. The monoisotopic (exact) mass is 353 g/mol. The highest BCUT2D eigenvalue weighted by atomic mass is 19.3. The third-order valence-electron chi connectivity index (χ3n) is 5.35. The summed E-state index contributed by atoms with van der Waals surface area (Å²) in [6.45, 7) is 6.84. The number of aryl methyl sites for hydroxylation is 1. The van der Waals surface area contributed by atoms with Crippen LogP contribution in [-0.4, -0.2) is 23.2 Å². The van der Waals surface area contributed by atoms with Crippen molar-refractivity contribution in [2.24, 2.45) is 17.8 Å². The van der Waals surface area contributed by atoms with Gasteiger partial charge in [-0.3, -0.25) is 4.79 Å². The molecule has 0 aliphatic heterocycles. The number of amides is 1. The van der Waals surface area contributed by atoms with Gasteiger partial charge in [-0.15, -0.1) is 0 Å². The van der Waals surface area contributed by atoms with Crippen LogP contribution < -0.4 is 5.32 Å². The Bertz CT molecular complexity index is 617. The number of rotatable bonds is 5. The molecule has 1 saturated carbocycles. The number of hydrogen-bond acceptors (Lipinski definition) is 2. The van der Waals surface area contributed by atoms with Crippen molar-refractivity contribution >= 4 is 5.91 Å². The van der Waals surface area contributed by atoms with Gasteiger partial charge >= 0.3 is 0 Å². The van der Waals surface area contributed by atoms with E-state index in [9.17, 15) is 18.7 Å². The summed E-state index contributed by atoms with van der Waals surface area (Å²) in [5.41, 5.74) is -0.963. The molecular formula is C20H29F2NO2. The predicted molar refractivity (Wildman–Crippen MR) is 94.4 cm³/mol. The van der Waals surface area contributed by atoms with Gasteiger partial charge in [0.1, 0.15) is 5.60 Å². The zero-order valence-electron chi connectivity index (χ0n) is 15.5. The number of carbonyl (C=O) groups excluding carboxylic acids is 1. The lowest BCUT2D eigenvalue weighted by Gasteiger charge is -2.43. The molecule has 25 heavy (non-hydrogen) atoms. The second kappa shape index (κ2) is 7.40. The highest BCUT2D eigenvalue weighted by molar-refractivity contribution is 5.85. The van der Waals surface area contributed by atoms with Gasteiger partial charge in [0.25, 0.3) is 11.8 Å². The molecule has 140 valence electrons. The lowest BCUT2D eigenvalue weighted by molar-refractivity contribution is -0.157. The quantitative estimate of drug-likeness (QED) is 0.840. The lowest BCUT2D eigenvalue weighted by Crippen LogP contribution is -2.57. The second-order valence-electron chi connectivity index (χ2n) is 7.92. The van der Waals surface area contributed by atoms with E-state index in [0.717, 1.165) is 18.4 Å². The Morgan fingerprint density at radius 1 is 1.40 bits per heavy atom. The Balaban J connectivity index is 2.11. The van der Waals surface area contributed by atoms with Crippen molar-refractivity contribution in [3.63, 3.8) is 0 Å². The molecule has 0 bridgehead atoms. The third-order valence-corrected chi connectivity index (χ3v) is 5.35. The second-order valence-corrected chi connectivity index (χ2v) is 7.92. The van der Waals surface area contributed by atoms with Crippen molar-refractivity contribution in [3.05, 3.63) is 35.4 Å². The van der Waals surface area contributed by atoms with Crippen LogP contribution in [0.25, 0.3) is 0 Å². The number of carbonyl (C=O) groups is 1. The van der Waals surface area contributed by atoms with Crippen LogP contribution in [0, 0.1) is 24.7 Å². The summed E-state index contributed by atoms with van der Waals surface area (Å²) in [5, 5.41) is 13.3. The SMILES string of the molecule is Cc1cccc(C(F)(F)CNC(=O)[C@]2(O)C[C@H](C)CC[C@H]2C(C)C)c1. The molecule has 0 saturated heterocycles. The molecule has 0 unspecified atom stereocenters. The van der Waals surface area contributed by atoms with E-state index >= 15 is 0 Å². The highest BCUT2D eigenvalue weighted by Gasteiger charge is 2.49. The van der Waals surface area contributed by atoms with Crippen molar-refractivity contribution < 1.29 is 18.7 Å². The van der Waals surface area contributed by atoms with Crippen LogP contribution >= 0.6 is 0 Å². The number of hydrogen-bond donors (Lipinski definition) is 2. The van der Waals surface area contributed by atoms with Gasteiger partial charge in [-0.2, -0.15) is 8.78 Å². The van der Waals surface area contributed by atoms with E-state index in [-0.39, 0.29) is 23.3 Å². The number of halogens is 2. The number of benzene rings is 1. The van der Waals surface area contributed by atoms with Crippen LogP contribution in [-0.2, 0) is 10.7 Å². The van der Waals surface area contributed by atoms with E-state index in [1.165, 1.54) is 12.1 Å². The molecule has 1 aliphatic rings. The van der Waals surface area contributed by atoms with Gasteiger partial charge < -0.3 is 10.4 Å². The van der Waals surface area contributed by atoms with E-state index in [2.05, 4.69) is 5.32 Å². The largest absolute Gasteiger partial charge is 0.380 e. The van der Waals surface area contributed by atoms with Gasteiger partial charge in [0.15, 0.2) is 0 Å². The minimum Gasteiger partial charge on any atom is -0.380 e. The van der Waals surface area contributed by atoms with E-state index in [1.807, 2.05) is 20.8 Å². The highest BCUT2D eigenvalue weighted by Crippen LogP contribution is 2.41. The van der Waals surface area contributed by atoms with Crippen LogP contribution in [0.5, 0.6) is 0 Å². The van der Waals surface area contributed by atoms with Gasteiger partial charge in [0.05, 0.1) is 6.54 Å². The van der Waals surface area contributed by atoms with E-state index in [1.54, 1.807) is 19.1 Å². The zero-order chi connectivity index (χ0) is 18.8. The molecule has 0 heterocycles. The summed E-state index contributed by atoms with van der Waals surface area (Å²) < 4.78 is 28.8. The van der Waals surface area contributed by atoms with Gasteiger partial charge in [-0.1, -0.05) is 57.0 Å². The van der Waals surface area contributed by atoms with E-state index in [4.69, 9.17) is 0 Å². The predicted octanol–water partition coefficient (Wildman–Crippen LogP) is 4.03. The molecule has 2 N–H and O–H groups in total.